The van der Waals surface area contributed by atoms with E-state index in [4.69, 9.17) is 23.2 Å². The van der Waals surface area contributed by atoms with E-state index in [-0.39, 0.29) is 15.6 Å². The number of rotatable bonds is 5. The number of amides is 2. The van der Waals surface area contributed by atoms with Crippen LogP contribution in [0.1, 0.15) is 11.1 Å². The Balaban J connectivity index is 1.78. The van der Waals surface area contributed by atoms with Gasteiger partial charge in [0, 0.05) is 15.6 Å². The molecule has 3 aromatic carbocycles. The van der Waals surface area contributed by atoms with Crippen molar-refractivity contribution in [2.24, 2.45) is 0 Å². The van der Waals surface area contributed by atoms with Crippen molar-refractivity contribution in [1.82, 2.24) is 0 Å². The van der Waals surface area contributed by atoms with Gasteiger partial charge in [0.2, 0.25) is 0 Å². The molecule has 8 heteroatoms. The van der Waals surface area contributed by atoms with Crippen molar-refractivity contribution in [3.05, 3.63) is 98.3 Å². The zero-order chi connectivity index (χ0) is 23.0. The number of hydrogen-bond acceptors (Lipinski definition) is 4. The summed E-state index contributed by atoms with van der Waals surface area (Å²) in [7, 11) is 0. The number of halogens is 3. The molecule has 4 nitrogen and oxygen atoms in total. The van der Waals surface area contributed by atoms with E-state index in [1.807, 2.05) is 19.9 Å². The molecule has 1 aliphatic rings. The first kappa shape index (κ1) is 22.4. The largest absolute Gasteiger partial charge is 0.350 e. The number of nitrogens with zero attached hydrogens (tertiary/aromatic N) is 1. The van der Waals surface area contributed by atoms with Crippen molar-refractivity contribution < 1.29 is 14.0 Å². The molecule has 1 heterocycles. The van der Waals surface area contributed by atoms with Crippen LogP contribution in [0.5, 0.6) is 0 Å². The maximum absolute atomic E-state index is 13.6. The summed E-state index contributed by atoms with van der Waals surface area (Å²) in [6.45, 7) is 3.78. The molecule has 2 amide bonds. The van der Waals surface area contributed by atoms with Crippen LogP contribution in [0.2, 0.25) is 10.0 Å². The normalized spacial score (nSPS) is 13.8. The Morgan fingerprint density at radius 3 is 2.34 bits per heavy atom. The quantitative estimate of drug-likeness (QED) is 0.405. The number of carbonyl (C=O) groups excluding carboxylic acids is 2. The second-order valence-electron chi connectivity index (χ2n) is 7.18. The molecule has 0 fully saturated rings. The van der Waals surface area contributed by atoms with E-state index >= 15 is 0 Å². The molecular weight excluding hydrogens is 470 g/mol. The van der Waals surface area contributed by atoms with E-state index < -0.39 is 17.6 Å². The van der Waals surface area contributed by atoms with Crippen molar-refractivity contribution in [2.75, 3.05) is 10.2 Å². The van der Waals surface area contributed by atoms with E-state index in [0.717, 1.165) is 32.7 Å². The number of carbonyl (C=O) groups is 2. The Morgan fingerprint density at radius 2 is 1.66 bits per heavy atom. The lowest BCUT2D eigenvalue weighted by molar-refractivity contribution is -0.120. The lowest BCUT2D eigenvalue weighted by atomic mass is 10.1. The topological polar surface area (TPSA) is 49.4 Å². The Hall–Kier alpha value is -2.80. The van der Waals surface area contributed by atoms with Gasteiger partial charge in [-0.3, -0.25) is 9.59 Å². The zero-order valence-electron chi connectivity index (χ0n) is 17.1. The fourth-order valence-corrected chi connectivity index (χ4v) is 4.48. The lowest BCUT2D eigenvalue weighted by Gasteiger charge is -2.19. The maximum atomic E-state index is 13.6. The molecule has 0 radical (unpaired) electrons. The Labute approximate surface area is 199 Å². The highest BCUT2D eigenvalue weighted by atomic mass is 35.5. The average Bonchev–Trinajstić information content (AvgIpc) is 2.98. The van der Waals surface area contributed by atoms with Crippen LogP contribution >= 0.6 is 35.0 Å². The van der Waals surface area contributed by atoms with Gasteiger partial charge in [-0.1, -0.05) is 47.1 Å². The molecule has 162 valence electrons. The fourth-order valence-electron chi connectivity index (χ4n) is 3.25. The molecule has 0 saturated carbocycles. The smallest absolute Gasteiger partial charge is 0.283 e. The van der Waals surface area contributed by atoms with Crippen molar-refractivity contribution in [3.8, 4) is 0 Å². The summed E-state index contributed by atoms with van der Waals surface area (Å²) >= 11 is 13.0. The molecule has 1 N–H and O–H groups in total. The summed E-state index contributed by atoms with van der Waals surface area (Å²) in [5.41, 5.74) is 2.80. The number of hydrogen-bond donors (Lipinski definition) is 1. The van der Waals surface area contributed by atoms with Crippen LogP contribution in [0.4, 0.5) is 15.8 Å². The van der Waals surface area contributed by atoms with E-state index in [0.29, 0.717) is 16.4 Å². The highest BCUT2D eigenvalue weighted by Crippen LogP contribution is 2.39. The third-order valence-electron chi connectivity index (χ3n) is 5.08. The zero-order valence-corrected chi connectivity index (χ0v) is 19.4. The van der Waals surface area contributed by atoms with Gasteiger partial charge in [0.25, 0.3) is 11.8 Å². The Kier molecular flexibility index (Phi) is 6.29. The van der Waals surface area contributed by atoms with Gasteiger partial charge in [0.15, 0.2) is 0 Å². The third kappa shape index (κ3) is 4.26. The predicted molar refractivity (Wildman–Crippen MR) is 128 cm³/mol. The molecular formula is C24H17Cl2FN2O2S. The van der Waals surface area contributed by atoms with Crippen LogP contribution in [0.3, 0.4) is 0 Å². The van der Waals surface area contributed by atoms with Crippen molar-refractivity contribution in [2.45, 2.75) is 18.7 Å². The first-order valence-corrected chi connectivity index (χ1v) is 11.2. The summed E-state index contributed by atoms with van der Waals surface area (Å²) in [6, 6.07) is 16.4. The van der Waals surface area contributed by atoms with Crippen molar-refractivity contribution >= 4 is 58.2 Å². The van der Waals surface area contributed by atoms with Crippen LogP contribution in [0.15, 0.2) is 76.2 Å². The van der Waals surface area contributed by atoms with E-state index in [1.165, 1.54) is 18.2 Å². The van der Waals surface area contributed by atoms with Gasteiger partial charge in [-0.25, -0.2) is 9.29 Å². The Bertz CT molecular complexity index is 1280. The molecule has 32 heavy (non-hydrogen) atoms. The summed E-state index contributed by atoms with van der Waals surface area (Å²) in [5, 5.41) is 3.45. The highest BCUT2D eigenvalue weighted by molar-refractivity contribution is 8.04. The first-order valence-electron chi connectivity index (χ1n) is 9.61. The van der Waals surface area contributed by atoms with Gasteiger partial charge < -0.3 is 5.32 Å². The molecule has 1 aliphatic heterocycles. The molecule has 0 unspecified atom stereocenters. The molecule has 0 spiro atoms. The SMILES string of the molecule is Cc1cccc(N2C(=O)C(Nc3ccc(F)c(Cl)c3)=C(Sc3ccc(Cl)cc3)C2=O)c1C. The third-order valence-corrected chi connectivity index (χ3v) is 6.71. The molecule has 0 saturated heterocycles. The molecule has 0 atom stereocenters. The summed E-state index contributed by atoms with van der Waals surface area (Å²) < 4.78 is 13.6. The van der Waals surface area contributed by atoms with Gasteiger partial charge in [-0.2, -0.15) is 0 Å². The maximum Gasteiger partial charge on any atom is 0.283 e. The summed E-state index contributed by atoms with van der Waals surface area (Å²) in [5.74, 6) is -1.52. The van der Waals surface area contributed by atoms with E-state index in [9.17, 15) is 14.0 Å². The number of aryl methyl sites for hydroxylation is 1. The molecule has 0 aromatic heterocycles. The molecule has 0 aliphatic carbocycles. The van der Waals surface area contributed by atoms with Gasteiger partial charge in [-0.15, -0.1) is 0 Å². The summed E-state index contributed by atoms with van der Waals surface area (Å²) in [6.07, 6.45) is 0. The molecule has 4 rings (SSSR count). The van der Waals surface area contributed by atoms with Crippen molar-refractivity contribution in [3.63, 3.8) is 0 Å². The number of nitrogens with one attached hydrogen (secondary N) is 1. The van der Waals surface area contributed by atoms with Gasteiger partial charge >= 0.3 is 0 Å². The fraction of sp³-hybridized carbons (Fsp3) is 0.0833. The minimum absolute atomic E-state index is 0.0920. The number of benzene rings is 3. The van der Waals surface area contributed by atoms with Gasteiger partial charge in [-0.05, 0) is 73.5 Å². The van der Waals surface area contributed by atoms with Crippen LogP contribution in [0, 0.1) is 19.7 Å². The van der Waals surface area contributed by atoms with Gasteiger partial charge in [0.1, 0.15) is 16.4 Å². The lowest BCUT2D eigenvalue weighted by Crippen LogP contribution is -2.33. The highest BCUT2D eigenvalue weighted by Gasteiger charge is 2.41. The minimum atomic E-state index is -0.576. The second-order valence-corrected chi connectivity index (χ2v) is 9.11. The van der Waals surface area contributed by atoms with Gasteiger partial charge in [0.05, 0.1) is 10.7 Å². The number of thioether (sulfide) groups is 1. The monoisotopic (exact) mass is 486 g/mol. The Morgan fingerprint density at radius 1 is 0.938 bits per heavy atom. The van der Waals surface area contributed by atoms with Crippen LogP contribution in [-0.4, -0.2) is 11.8 Å². The second kappa shape index (κ2) is 8.98. The van der Waals surface area contributed by atoms with E-state index in [1.54, 1.807) is 36.4 Å². The molecule has 3 aromatic rings. The predicted octanol–water partition coefficient (Wildman–Crippen LogP) is 6.74. The van der Waals surface area contributed by atoms with Crippen LogP contribution in [0.25, 0.3) is 0 Å². The standard InChI is InChI=1S/C24H17Cl2FN2O2S/c1-13-4-3-5-20(14(13)2)29-23(30)21(28-16-8-11-19(27)18(26)12-16)22(24(29)31)32-17-9-6-15(25)7-10-17/h3-12,28H,1-2H3. The van der Waals surface area contributed by atoms with E-state index in [2.05, 4.69) is 5.32 Å². The molecule has 0 bridgehead atoms. The first-order chi connectivity index (χ1) is 15.3. The van der Waals surface area contributed by atoms with Crippen molar-refractivity contribution in [1.29, 1.82) is 0 Å². The minimum Gasteiger partial charge on any atom is -0.350 e. The number of anilines is 2. The van der Waals surface area contributed by atoms with Crippen LogP contribution < -0.4 is 10.2 Å². The average molecular weight is 487 g/mol. The van der Waals surface area contributed by atoms with Crippen LogP contribution in [-0.2, 0) is 9.59 Å². The summed E-state index contributed by atoms with van der Waals surface area (Å²) in [4.78, 5) is 29.0. The number of imide groups is 1.